The molecule has 170 valence electrons. The predicted molar refractivity (Wildman–Crippen MR) is 123 cm³/mol. The molecule has 2 nitrogen and oxygen atoms in total. The predicted octanol–water partition coefficient (Wildman–Crippen LogP) is 6.65. The summed E-state index contributed by atoms with van der Waals surface area (Å²) in [5.74, 6) is 4.28. The van der Waals surface area contributed by atoms with Crippen LogP contribution in [0.15, 0.2) is 11.6 Å². The Kier molecular flexibility index (Phi) is 5.07. The molecule has 6 unspecified atom stereocenters. The van der Waals surface area contributed by atoms with E-state index in [0.717, 1.165) is 61.7 Å². The quantitative estimate of drug-likeness (QED) is 0.495. The van der Waals surface area contributed by atoms with Crippen LogP contribution in [0.1, 0.15) is 111 Å². The summed E-state index contributed by atoms with van der Waals surface area (Å²) in [4.78, 5) is 0. The SMILES string of the molecule is C[C@H](CCCC1(O)CC1)C1CCC2C3CC=C4C[C@@](C)(O)CCC4(C)C3CCC21C. The molecule has 0 heterocycles. The molecule has 30 heavy (non-hydrogen) atoms. The van der Waals surface area contributed by atoms with Crippen LogP contribution in [-0.4, -0.2) is 21.4 Å². The second-order valence-electron chi connectivity index (χ2n) is 13.3. The monoisotopic (exact) mass is 414 g/mol. The van der Waals surface area contributed by atoms with E-state index < -0.39 is 5.60 Å². The van der Waals surface area contributed by atoms with Crippen LogP contribution in [0.2, 0.25) is 0 Å². The van der Waals surface area contributed by atoms with Crippen molar-refractivity contribution in [1.82, 2.24) is 0 Å². The second-order valence-corrected chi connectivity index (χ2v) is 13.3. The molecule has 0 bridgehead atoms. The first kappa shape index (κ1) is 21.5. The summed E-state index contributed by atoms with van der Waals surface area (Å²) in [6.07, 6.45) is 18.2. The molecule has 0 aromatic rings. The Bertz CT molecular complexity index is 703. The first-order valence-corrected chi connectivity index (χ1v) is 13.2. The van der Waals surface area contributed by atoms with Gasteiger partial charge in [-0.1, -0.05) is 45.3 Å². The molecule has 5 rings (SSSR count). The summed E-state index contributed by atoms with van der Waals surface area (Å²) >= 11 is 0. The van der Waals surface area contributed by atoms with Crippen LogP contribution in [0.25, 0.3) is 0 Å². The van der Waals surface area contributed by atoms with Gasteiger partial charge in [0.2, 0.25) is 0 Å². The van der Waals surface area contributed by atoms with Crippen molar-refractivity contribution in [3.05, 3.63) is 11.6 Å². The Hall–Kier alpha value is -0.340. The van der Waals surface area contributed by atoms with E-state index in [1.807, 2.05) is 6.92 Å². The highest BCUT2D eigenvalue weighted by atomic mass is 16.3. The lowest BCUT2D eigenvalue weighted by molar-refractivity contribution is -0.0706. The van der Waals surface area contributed by atoms with Gasteiger partial charge in [-0.15, -0.1) is 0 Å². The summed E-state index contributed by atoms with van der Waals surface area (Å²) in [6.45, 7) is 9.77. The van der Waals surface area contributed by atoms with Gasteiger partial charge in [-0.25, -0.2) is 0 Å². The number of hydrogen-bond donors (Lipinski definition) is 2. The lowest BCUT2D eigenvalue weighted by Crippen LogP contribution is -2.52. The molecule has 0 aromatic heterocycles. The van der Waals surface area contributed by atoms with E-state index >= 15 is 0 Å². The third kappa shape index (κ3) is 3.43. The van der Waals surface area contributed by atoms with Crippen LogP contribution in [0.5, 0.6) is 0 Å². The van der Waals surface area contributed by atoms with Crippen molar-refractivity contribution in [1.29, 1.82) is 0 Å². The highest BCUT2D eigenvalue weighted by Crippen LogP contribution is 2.67. The third-order valence-corrected chi connectivity index (χ3v) is 11.3. The molecule has 5 aliphatic rings. The lowest BCUT2D eigenvalue weighted by atomic mass is 9.46. The Morgan fingerprint density at radius 3 is 2.47 bits per heavy atom. The molecule has 8 atom stereocenters. The topological polar surface area (TPSA) is 40.5 Å². The van der Waals surface area contributed by atoms with Crippen LogP contribution in [0.4, 0.5) is 0 Å². The first-order valence-electron chi connectivity index (χ1n) is 13.2. The summed E-state index contributed by atoms with van der Waals surface area (Å²) < 4.78 is 0. The minimum atomic E-state index is -0.483. The van der Waals surface area contributed by atoms with Gasteiger partial charge in [-0.05, 0) is 118 Å². The van der Waals surface area contributed by atoms with Crippen LogP contribution >= 0.6 is 0 Å². The van der Waals surface area contributed by atoms with E-state index in [1.54, 1.807) is 5.57 Å². The zero-order valence-corrected chi connectivity index (χ0v) is 20.1. The average Bonchev–Trinajstić information content (AvgIpc) is 3.29. The van der Waals surface area contributed by atoms with Crippen LogP contribution in [0.3, 0.4) is 0 Å². The molecule has 2 N–H and O–H groups in total. The number of hydrogen-bond acceptors (Lipinski definition) is 2. The van der Waals surface area contributed by atoms with Crippen LogP contribution in [0, 0.1) is 40.4 Å². The maximum absolute atomic E-state index is 10.7. The fraction of sp³-hybridized carbons (Fsp3) is 0.929. The molecule has 4 saturated carbocycles. The van der Waals surface area contributed by atoms with E-state index in [9.17, 15) is 10.2 Å². The minimum Gasteiger partial charge on any atom is -0.390 e. The normalized spacial score (nSPS) is 50.1. The fourth-order valence-corrected chi connectivity index (χ4v) is 9.13. The van der Waals surface area contributed by atoms with Crippen molar-refractivity contribution in [2.24, 2.45) is 40.4 Å². The first-order chi connectivity index (χ1) is 14.1. The summed E-state index contributed by atoms with van der Waals surface area (Å²) in [5, 5.41) is 20.9. The van der Waals surface area contributed by atoms with E-state index in [-0.39, 0.29) is 5.60 Å². The Labute approximate surface area is 184 Å². The lowest BCUT2D eigenvalue weighted by Gasteiger charge is -2.59. The van der Waals surface area contributed by atoms with Crippen molar-refractivity contribution in [2.45, 2.75) is 122 Å². The summed E-state index contributed by atoms with van der Waals surface area (Å²) in [7, 11) is 0. The number of fused-ring (bicyclic) bond motifs is 5. The smallest absolute Gasteiger partial charge is 0.0657 e. The second kappa shape index (κ2) is 7.08. The number of aliphatic hydroxyl groups is 2. The van der Waals surface area contributed by atoms with Gasteiger partial charge in [-0.2, -0.15) is 0 Å². The molecular formula is C28H46O2. The van der Waals surface area contributed by atoms with Crippen molar-refractivity contribution in [3.63, 3.8) is 0 Å². The van der Waals surface area contributed by atoms with Gasteiger partial charge in [0.25, 0.3) is 0 Å². The van der Waals surface area contributed by atoms with Crippen LogP contribution in [-0.2, 0) is 0 Å². The molecule has 4 fully saturated rings. The molecule has 0 amide bonds. The Balaban J connectivity index is 1.29. The van der Waals surface area contributed by atoms with Gasteiger partial charge >= 0.3 is 0 Å². The molecule has 0 saturated heterocycles. The van der Waals surface area contributed by atoms with E-state index in [2.05, 4.69) is 26.8 Å². The molecule has 0 aliphatic heterocycles. The largest absolute Gasteiger partial charge is 0.390 e. The van der Waals surface area contributed by atoms with Gasteiger partial charge in [0.15, 0.2) is 0 Å². The average molecular weight is 415 g/mol. The maximum atomic E-state index is 10.7. The van der Waals surface area contributed by atoms with E-state index in [0.29, 0.717) is 10.8 Å². The summed E-state index contributed by atoms with van der Waals surface area (Å²) in [6, 6.07) is 0. The summed E-state index contributed by atoms with van der Waals surface area (Å²) in [5.41, 5.74) is 1.70. The highest BCUT2D eigenvalue weighted by Gasteiger charge is 2.59. The van der Waals surface area contributed by atoms with Gasteiger partial charge in [0, 0.05) is 0 Å². The number of rotatable bonds is 5. The van der Waals surface area contributed by atoms with Crippen molar-refractivity contribution < 1.29 is 10.2 Å². The molecule has 0 radical (unpaired) electrons. The minimum absolute atomic E-state index is 0.272. The van der Waals surface area contributed by atoms with Gasteiger partial charge in [0.1, 0.15) is 0 Å². The molecular weight excluding hydrogens is 368 g/mol. The Morgan fingerprint density at radius 1 is 0.967 bits per heavy atom. The molecule has 5 aliphatic carbocycles. The zero-order valence-electron chi connectivity index (χ0n) is 20.1. The molecule has 2 heteroatoms. The molecule has 0 aromatic carbocycles. The number of allylic oxidation sites excluding steroid dienone is 1. The van der Waals surface area contributed by atoms with Crippen molar-refractivity contribution in [2.75, 3.05) is 0 Å². The van der Waals surface area contributed by atoms with Crippen LogP contribution < -0.4 is 0 Å². The standard InChI is InChI=1S/C28H46O2/c1-19(6-5-12-28(30)16-17-28)22-9-10-23-21-8-7-20-18-25(2,29)14-15-26(20,3)24(21)11-13-27(22,23)4/h7,19,21-24,29-30H,5-6,8-18H2,1-4H3/t19-,21?,22?,23?,24?,25+,26?,27?/m1/s1. The van der Waals surface area contributed by atoms with Crippen molar-refractivity contribution in [3.8, 4) is 0 Å². The maximum Gasteiger partial charge on any atom is 0.0657 e. The third-order valence-electron chi connectivity index (χ3n) is 11.3. The van der Waals surface area contributed by atoms with Gasteiger partial charge in [0.05, 0.1) is 11.2 Å². The zero-order chi connectivity index (χ0) is 21.4. The van der Waals surface area contributed by atoms with Crippen molar-refractivity contribution >= 4 is 0 Å². The molecule has 0 spiro atoms. The Morgan fingerprint density at radius 2 is 1.73 bits per heavy atom. The van der Waals surface area contributed by atoms with Gasteiger partial charge in [-0.3, -0.25) is 0 Å². The fourth-order valence-electron chi connectivity index (χ4n) is 9.13. The van der Waals surface area contributed by atoms with E-state index in [1.165, 1.54) is 51.4 Å². The van der Waals surface area contributed by atoms with Gasteiger partial charge < -0.3 is 10.2 Å². The van der Waals surface area contributed by atoms with E-state index in [4.69, 9.17) is 0 Å². The highest BCUT2D eigenvalue weighted by molar-refractivity contribution is 5.26.